The Morgan fingerprint density at radius 2 is 1.67 bits per heavy atom. The van der Waals surface area contributed by atoms with Crippen LogP contribution < -0.4 is 10.1 Å². The van der Waals surface area contributed by atoms with Gasteiger partial charge in [0.15, 0.2) is 6.61 Å². The summed E-state index contributed by atoms with van der Waals surface area (Å²) in [5.74, 6) is -0.707. The summed E-state index contributed by atoms with van der Waals surface area (Å²) in [5, 5.41) is 2.54. The van der Waals surface area contributed by atoms with Crippen LogP contribution in [0.3, 0.4) is 0 Å². The molecule has 1 heterocycles. The molecule has 0 spiro atoms. The van der Waals surface area contributed by atoms with E-state index >= 15 is 0 Å². The molecule has 2 aromatic carbocycles. The SMILES string of the molecule is Cc1ccc(C(=O)N2CCN(C(=O)CNC(=O)COc3ccccc3)CC2)cc1F. The summed E-state index contributed by atoms with van der Waals surface area (Å²) in [7, 11) is 0. The lowest BCUT2D eigenvalue weighted by Gasteiger charge is -2.35. The summed E-state index contributed by atoms with van der Waals surface area (Å²) < 4.78 is 19.0. The Labute approximate surface area is 174 Å². The number of piperazine rings is 1. The number of carbonyl (C=O) groups excluding carboxylic acids is 3. The largest absolute Gasteiger partial charge is 0.484 e. The lowest BCUT2D eigenvalue weighted by Crippen LogP contribution is -2.52. The first-order chi connectivity index (χ1) is 14.4. The van der Waals surface area contributed by atoms with E-state index in [1.54, 1.807) is 53.1 Å². The second kappa shape index (κ2) is 9.87. The van der Waals surface area contributed by atoms with E-state index < -0.39 is 5.82 Å². The Bertz CT molecular complexity index is 912. The molecule has 8 heteroatoms. The molecule has 1 saturated heterocycles. The molecule has 0 radical (unpaired) electrons. The average Bonchev–Trinajstić information content (AvgIpc) is 2.78. The summed E-state index contributed by atoms with van der Waals surface area (Å²) in [4.78, 5) is 39.9. The van der Waals surface area contributed by atoms with Crippen LogP contribution in [0.15, 0.2) is 48.5 Å². The molecule has 0 unspecified atom stereocenters. The van der Waals surface area contributed by atoms with Crippen molar-refractivity contribution < 1.29 is 23.5 Å². The fourth-order valence-electron chi connectivity index (χ4n) is 3.07. The lowest BCUT2D eigenvalue weighted by molar-refractivity contribution is -0.134. The zero-order valence-electron chi connectivity index (χ0n) is 16.8. The average molecular weight is 413 g/mol. The lowest BCUT2D eigenvalue weighted by atomic mass is 10.1. The molecule has 0 aliphatic carbocycles. The number of carbonyl (C=O) groups is 3. The maximum absolute atomic E-state index is 13.7. The van der Waals surface area contributed by atoms with Crippen molar-refractivity contribution in [2.45, 2.75) is 6.92 Å². The van der Waals surface area contributed by atoms with Gasteiger partial charge in [-0.25, -0.2) is 4.39 Å². The minimum atomic E-state index is -0.415. The van der Waals surface area contributed by atoms with Crippen LogP contribution in [0, 0.1) is 12.7 Å². The number of amides is 3. The van der Waals surface area contributed by atoms with Crippen LogP contribution in [0.5, 0.6) is 5.75 Å². The van der Waals surface area contributed by atoms with Crippen molar-refractivity contribution >= 4 is 17.7 Å². The number of nitrogens with zero attached hydrogens (tertiary/aromatic N) is 2. The highest BCUT2D eigenvalue weighted by atomic mass is 19.1. The van der Waals surface area contributed by atoms with Crippen LogP contribution in [0.25, 0.3) is 0 Å². The van der Waals surface area contributed by atoms with Crippen molar-refractivity contribution in [2.24, 2.45) is 0 Å². The van der Waals surface area contributed by atoms with Gasteiger partial charge in [-0.15, -0.1) is 0 Å². The smallest absolute Gasteiger partial charge is 0.258 e. The van der Waals surface area contributed by atoms with E-state index in [4.69, 9.17) is 4.74 Å². The number of hydrogen-bond acceptors (Lipinski definition) is 4. The van der Waals surface area contributed by atoms with Gasteiger partial charge in [0.2, 0.25) is 5.91 Å². The van der Waals surface area contributed by atoms with Crippen molar-refractivity contribution in [1.29, 1.82) is 0 Å². The topological polar surface area (TPSA) is 79.0 Å². The summed E-state index contributed by atoms with van der Waals surface area (Å²) in [6, 6.07) is 13.3. The number of rotatable bonds is 6. The van der Waals surface area contributed by atoms with Gasteiger partial charge in [0, 0.05) is 31.7 Å². The molecule has 7 nitrogen and oxygen atoms in total. The maximum Gasteiger partial charge on any atom is 0.258 e. The molecule has 1 N–H and O–H groups in total. The number of halogens is 1. The van der Waals surface area contributed by atoms with Crippen molar-refractivity contribution in [3.05, 3.63) is 65.5 Å². The molecule has 158 valence electrons. The Morgan fingerprint density at radius 3 is 2.33 bits per heavy atom. The predicted octanol–water partition coefficient (Wildman–Crippen LogP) is 1.61. The zero-order chi connectivity index (χ0) is 21.5. The van der Waals surface area contributed by atoms with Crippen LogP contribution >= 0.6 is 0 Å². The van der Waals surface area contributed by atoms with Crippen LogP contribution in [-0.4, -0.2) is 66.9 Å². The minimum Gasteiger partial charge on any atom is -0.484 e. The Morgan fingerprint density at radius 1 is 1.00 bits per heavy atom. The van der Waals surface area contributed by atoms with E-state index in [-0.39, 0.29) is 30.9 Å². The third-order valence-corrected chi connectivity index (χ3v) is 4.89. The first-order valence-electron chi connectivity index (χ1n) is 9.72. The van der Waals surface area contributed by atoms with E-state index in [9.17, 15) is 18.8 Å². The number of para-hydroxylation sites is 1. The van der Waals surface area contributed by atoms with Gasteiger partial charge in [-0.2, -0.15) is 0 Å². The van der Waals surface area contributed by atoms with E-state index in [0.717, 1.165) is 0 Å². The van der Waals surface area contributed by atoms with E-state index in [0.29, 0.717) is 43.1 Å². The number of nitrogens with one attached hydrogen (secondary N) is 1. The van der Waals surface area contributed by atoms with E-state index in [1.807, 2.05) is 6.07 Å². The fraction of sp³-hybridized carbons (Fsp3) is 0.318. The van der Waals surface area contributed by atoms with Crippen LogP contribution in [0.4, 0.5) is 4.39 Å². The third kappa shape index (κ3) is 5.56. The van der Waals surface area contributed by atoms with Crippen molar-refractivity contribution in [3.8, 4) is 5.75 Å². The molecular formula is C22H24FN3O4. The minimum absolute atomic E-state index is 0.131. The van der Waals surface area contributed by atoms with Crippen molar-refractivity contribution in [3.63, 3.8) is 0 Å². The first-order valence-corrected chi connectivity index (χ1v) is 9.72. The number of benzene rings is 2. The van der Waals surface area contributed by atoms with Crippen molar-refractivity contribution in [1.82, 2.24) is 15.1 Å². The first kappa shape index (κ1) is 21.3. The molecule has 0 bridgehead atoms. The molecule has 0 saturated carbocycles. The monoisotopic (exact) mass is 413 g/mol. The molecule has 1 aliphatic rings. The molecular weight excluding hydrogens is 389 g/mol. The van der Waals surface area contributed by atoms with Crippen LogP contribution in [0.1, 0.15) is 15.9 Å². The van der Waals surface area contributed by atoms with E-state index in [1.165, 1.54) is 6.07 Å². The third-order valence-electron chi connectivity index (χ3n) is 4.89. The molecule has 30 heavy (non-hydrogen) atoms. The molecule has 1 aliphatic heterocycles. The van der Waals surface area contributed by atoms with Gasteiger partial charge in [0.25, 0.3) is 11.8 Å². The van der Waals surface area contributed by atoms with Crippen LogP contribution in [-0.2, 0) is 9.59 Å². The number of aryl methyl sites for hydroxylation is 1. The number of hydrogen-bond donors (Lipinski definition) is 1. The normalized spacial score (nSPS) is 13.7. The molecule has 2 aromatic rings. The highest BCUT2D eigenvalue weighted by molar-refractivity contribution is 5.94. The summed E-state index contributed by atoms with van der Waals surface area (Å²) in [5.41, 5.74) is 0.779. The van der Waals surface area contributed by atoms with Crippen LogP contribution in [0.2, 0.25) is 0 Å². The standard InChI is InChI=1S/C22H24FN3O4/c1-16-7-8-17(13-19(16)23)22(29)26-11-9-25(10-12-26)21(28)14-24-20(27)15-30-18-5-3-2-4-6-18/h2-8,13H,9-12,14-15H2,1H3,(H,24,27). The maximum atomic E-state index is 13.7. The second-order valence-corrected chi connectivity index (χ2v) is 7.02. The van der Waals surface area contributed by atoms with Gasteiger partial charge in [0.1, 0.15) is 11.6 Å². The fourth-order valence-corrected chi connectivity index (χ4v) is 3.07. The van der Waals surface area contributed by atoms with E-state index in [2.05, 4.69) is 5.32 Å². The van der Waals surface area contributed by atoms with Gasteiger partial charge >= 0.3 is 0 Å². The quantitative estimate of drug-likeness (QED) is 0.781. The van der Waals surface area contributed by atoms with Gasteiger partial charge in [-0.05, 0) is 36.8 Å². The molecule has 0 atom stereocenters. The molecule has 3 amide bonds. The zero-order valence-corrected chi connectivity index (χ0v) is 16.8. The second-order valence-electron chi connectivity index (χ2n) is 7.02. The van der Waals surface area contributed by atoms with Gasteiger partial charge in [-0.1, -0.05) is 24.3 Å². The van der Waals surface area contributed by atoms with Gasteiger partial charge in [0.05, 0.1) is 6.54 Å². The molecule has 3 rings (SSSR count). The Balaban J connectivity index is 1.40. The Hall–Kier alpha value is -3.42. The Kier molecular flexibility index (Phi) is 7.00. The van der Waals surface area contributed by atoms with Gasteiger partial charge in [-0.3, -0.25) is 14.4 Å². The molecule has 1 fully saturated rings. The predicted molar refractivity (Wildman–Crippen MR) is 109 cm³/mol. The summed E-state index contributed by atoms with van der Waals surface area (Å²) in [6.07, 6.45) is 0. The highest BCUT2D eigenvalue weighted by Crippen LogP contribution is 2.13. The summed E-state index contributed by atoms with van der Waals surface area (Å²) in [6.45, 7) is 2.75. The summed E-state index contributed by atoms with van der Waals surface area (Å²) >= 11 is 0. The number of ether oxygens (including phenoxy) is 1. The van der Waals surface area contributed by atoms with Gasteiger partial charge < -0.3 is 19.9 Å². The van der Waals surface area contributed by atoms with Crippen molar-refractivity contribution in [2.75, 3.05) is 39.3 Å². The highest BCUT2D eigenvalue weighted by Gasteiger charge is 2.25. The molecule has 0 aromatic heterocycles.